The number of carboxylic acids is 1. The van der Waals surface area contributed by atoms with Gasteiger partial charge in [-0.25, -0.2) is 8.96 Å². The zero-order chi connectivity index (χ0) is 13.8. The van der Waals surface area contributed by atoms with Gasteiger partial charge in [-0.2, -0.15) is 4.67 Å². The van der Waals surface area contributed by atoms with Crippen LogP contribution in [0.2, 0.25) is 0 Å². The average molecular weight is 277 g/mol. The first-order chi connectivity index (χ1) is 8.36. The third-order valence-electron chi connectivity index (χ3n) is 2.37. The molecule has 1 aromatic rings. The second kappa shape index (κ2) is 6.06. The lowest BCUT2D eigenvalue weighted by molar-refractivity contribution is -0.142. The van der Waals surface area contributed by atoms with Crippen molar-refractivity contribution in [1.82, 2.24) is 4.67 Å². The summed E-state index contributed by atoms with van der Waals surface area (Å²) in [7, 11) is -4.95. The number of halogens is 1. The van der Waals surface area contributed by atoms with E-state index in [1.54, 1.807) is 30.3 Å². The molecule has 1 atom stereocenters. The first kappa shape index (κ1) is 14.8. The van der Waals surface area contributed by atoms with E-state index < -0.39 is 26.6 Å². The minimum absolute atomic E-state index is 0.0301. The van der Waals surface area contributed by atoms with Crippen LogP contribution in [0, 0.1) is 0 Å². The van der Waals surface area contributed by atoms with E-state index in [-0.39, 0.29) is 11.1 Å². The van der Waals surface area contributed by atoms with Crippen LogP contribution >= 0.6 is 7.75 Å². The monoisotopic (exact) mass is 277 g/mol. The maximum atomic E-state index is 12.6. The summed E-state index contributed by atoms with van der Waals surface area (Å²) in [5, 5.41) is 8.95. The standard InChI is InChI=1S/C10H13FNO5P/c11-7-12(18(15,16)17)9(10(13)14)6-8-4-2-1-3-5-8/h1-5,9H,6-7H2,(H,13,14)(H2,15,16,17). The van der Waals surface area contributed by atoms with Crippen LogP contribution in [0.3, 0.4) is 0 Å². The van der Waals surface area contributed by atoms with Crippen LogP contribution < -0.4 is 0 Å². The Morgan fingerprint density at radius 2 is 1.89 bits per heavy atom. The molecule has 0 radical (unpaired) electrons. The zero-order valence-corrected chi connectivity index (χ0v) is 10.2. The second-order valence-corrected chi connectivity index (χ2v) is 5.16. The number of rotatable bonds is 6. The van der Waals surface area contributed by atoms with Gasteiger partial charge in [-0.1, -0.05) is 30.3 Å². The smallest absolute Gasteiger partial charge is 0.405 e. The van der Waals surface area contributed by atoms with Gasteiger partial charge in [0.15, 0.2) is 6.80 Å². The Morgan fingerprint density at radius 3 is 2.28 bits per heavy atom. The fourth-order valence-electron chi connectivity index (χ4n) is 1.49. The summed E-state index contributed by atoms with van der Waals surface area (Å²) in [6.45, 7) is -1.53. The summed E-state index contributed by atoms with van der Waals surface area (Å²) in [6, 6.07) is 6.63. The summed E-state index contributed by atoms with van der Waals surface area (Å²) in [5.74, 6) is -1.49. The maximum Gasteiger partial charge on any atom is 0.405 e. The quantitative estimate of drug-likeness (QED) is 0.530. The molecule has 0 saturated heterocycles. The molecule has 1 rings (SSSR count). The van der Waals surface area contributed by atoms with E-state index in [4.69, 9.17) is 14.9 Å². The predicted molar refractivity (Wildman–Crippen MR) is 61.4 cm³/mol. The Balaban J connectivity index is 2.96. The van der Waals surface area contributed by atoms with E-state index in [9.17, 15) is 13.8 Å². The number of hydrogen-bond donors (Lipinski definition) is 3. The number of carbonyl (C=O) groups is 1. The predicted octanol–water partition coefficient (Wildman–Crippen LogP) is 1.00. The Bertz CT molecular complexity index is 449. The minimum Gasteiger partial charge on any atom is -0.480 e. The van der Waals surface area contributed by atoms with Crippen LogP contribution in [-0.4, -0.2) is 38.4 Å². The topological polar surface area (TPSA) is 98.1 Å². The van der Waals surface area contributed by atoms with Crippen LogP contribution in [0.25, 0.3) is 0 Å². The fourth-order valence-corrected chi connectivity index (χ4v) is 2.17. The molecular weight excluding hydrogens is 264 g/mol. The highest BCUT2D eigenvalue weighted by Crippen LogP contribution is 2.42. The van der Waals surface area contributed by atoms with E-state index in [0.29, 0.717) is 5.56 Å². The molecule has 18 heavy (non-hydrogen) atoms. The third-order valence-corrected chi connectivity index (χ3v) is 3.43. The number of alkyl halides is 1. The van der Waals surface area contributed by atoms with Gasteiger partial charge < -0.3 is 14.9 Å². The van der Waals surface area contributed by atoms with Gasteiger partial charge in [0.1, 0.15) is 6.04 Å². The lowest BCUT2D eigenvalue weighted by atomic mass is 10.1. The number of nitrogens with zero attached hydrogens (tertiary/aromatic N) is 1. The van der Waals surface area contributed by atoms with Crippen molar-refractivity contribution in [3.05, 3.63) is 35.9 Å². The molecule has 8 heteroatoms. The molecule has 0 bridgehead atoms. The van der Waals surface area contributed by atoms with Crippen molar-refractivity contribution in [2.45, 2.75) is 12.5 Å². The lowest BCUT2D eigenvalue weighted by Gasteiger charge is -2.26. The molecule has 0 heterocycles. The second-order valence-electron chi connectivity index (χ2n) is 3.62. The van der Waals surface area contributed by atoms with Crippen LogP contribution in [0.1, 0.15) is 5.56 Å². The first-order valence-electron chi connectivity index (χ1n) is 5.01. The van der Waals surface area contributed by atoms with Crippen LogP contribution in [0.5, 0.6) is 0 Å². The molecule has 3 N–H and O–H groups in total. The first-order valence-corrected chi connectivity index (χ1v) is 6.58. The normalized spacial score (nSPS) is 13.6. The van der Waals surface area contributed by atoms with E-state index in [1.807, 2.05) is 0 Å². The number of carboxylic acid groups (broad SMARTS) is 1. The molecule has 0 aromatic heterocycles. The van der Waals surface area contributed by atoms with E-state index in [0.717, 1.165) is 0 Å². The van der Waals surface area contributed by atoms with Gasteiger partial charge in [0.2, 0.25) is 0 Å². The molecule has 1 aromatic carbocycles. The number of aliphatic carboxylic acids is 1. The van der Waals surface area contributed by atoms with Crippen LogP contribution in [-0.2, 0) is 15.8 Å². The highest BCUT2D eigenvalue weighted by Gasteiger charge is 2.37. The summed E-state index contributed by atoms with van der Waals surface area (Å²) < 4.78 is 23.7. The lowest BCUT2D eigenvalue weighted by Crippen LogP contribution is -2.40. The van der Waals surface area contributed by atoms with Crippen LogP contribution in [0.4, 0.5) is 4.39 Å². The Labute approximate surface area is 103 Å². The van der Waals surface area contributed by atoms with Gasteiger partial charge >= 0.3 is 13.7 Å². The Morgan fingerprint density at radius 1 is 1.33 bits per heavy atom. The average Bonchev–Trinajstić information content (AvgIpc) is 2.28. The van der Waals surface area contributed by atoms with Gasteiger partial charge in [0.25, 0.3) is 0 Å². The molecule has 0 saturated carbocycles. The summed E-state index contributed by atoms with van der Waals surface area (Å²) >= 11 is 0. The summed E-state index contributed by atoms with van der Waals surface area (Å²) in [5.41, 5.74) is 0.553. The molecule has 0 fully saturated rings. The Kier molecular flexibility index (Phi) is 4.98. The molecule has 0 amide bonds. The minimum atomic E-state index is -4.95. The molecule has 0 aliphatic carbocycles. The van der Waals surface area contributed by atoms with Crippen molar-refractivity contribution < 1.29 is 28.6 Å². The van der Waals surface area contributed by atoms with Crippen molar-refractivity contribution in [2.24, 2.45) is 0 Å². The largest absolute Gasteiger partial charge is 0.480 e. The molecule has 6 nitrogen and oxygen atoms in total. The number of benzene rings is 1. The van der Waals surface area contributed by atoms with Crippen molar-refractivity contribution in [3.63, 3.8) is 0 Å². The SMILES string of the molecule is O=C(O)C(Cc1ccccc1)N(CF)P(=O)(O)O. The molecule has 1 unspecified atom stereocenters. The maximum absolute atomic E-state index is 12.6. The Hall–Kier alpha value is -1.27. The fraction of sp³-hybridized carbons (Fsp3) is 0.300. The number of hydrogen-bond acceptors (Lipinski definition) is 2. The molecular formula is C10H13FNO5P. The van der Waals surface area contributed by atoms with Crippen molar-refractivity contribution in [2.75, 3.05) is 6.80 Å². The van der Waals surface area contributed by atoms with Crippen molar-refractivity contribution in [3.8, 4) is 0 Å². The molecule has 100 valence electrons. The van der Waals surface area contributed by atoms with Gasteiger partial charge in [0.05, 0.1) is 0 Å². The summed E-state index contributed by atoms with van der Waals surface area (Å²) in [4.78, 5) is 28.8. The van der Waals surface area contributed by atoms with E-state index in [2.05, 4.69) is 0 Å². The van der Waals surface area contributed by atoms with Crippen molar-refractivity contribution in [1.29, 1.82) is 0 Å². The van der Waals surface area contributed by atoms with E-state index in [1.165, 1.54) is 0 Å². The summed E-state index contributed by atoms with van der Waals surface area (Å²) in [6.07, 6.45) is -0.189. The molecule has 0 spiro atoms. The zero-order valence-electron chi connectivity index (χ0n) is 9.31. The van der Waals surface area contributed by atoms with Crippen molar-refractivity contribution >= 4 is 13.7 Å². The van der Waals surface area contributed by atoms with E-state index >= 15 is 0 Å². The van der Waals surface area contributed by atoms with Gasteiger partial charge in [-0.05, 0) is 12.0 Å². The highest BCUT2D eigenvalue weighted by molar-refractivity contribution is 7.49. The van der Waals surface area contributed by atoms with Gasteiger partial charge in [-0.15, -0.1) is 0 Å². The van der Waals surface area contributed by atoms with Crippen LogP contribution in [0.15, 0.2) is 30.3 Å². The third kappa shape index (κ3) is 3.89. The molecule has 0 aliphatic heterocycles. The van der Waals surface area contributed by atoms with Gasteiger partial charge in [-0.3, -0.25) is 4.79 Å². The van der Waals surface area contributed by atoms with Gasteiger partial charge in [0, 0.05) is 0 Å². The highest BCUT2D eigenvalue weighted by atomic mass is 31.2. The molecule has 0 aliphatic rings.